The highest BCUT2D eigenvalue weighted by molar-refractivity contribution is 6.90. The van der Waals surface area contributed by atoms with Crippen molar-refractivity contribution >= 4 is 35.8 Å². The molecule has 1 heterocycles. The van der Waals surface area contributed by atoms with E-state index in [0.717, 1.165) is 21.9 Å². The number of ketones is 1. The molecule has 3 aromatic rings. The number of carbonyl (C=O) groups excluding carboxylic acids is 1. The number of furan rings is 1. The minimum Gasteiger partial charge on any atom is -0.456 e. The molecule has 0 aliphatic rings. The molecule has 0 aliphatic carbocycles. The van der Waals surface area contributed by atoms with E-state index in [4.69, 9.17) is 4.42 Å². The maximum absolute atomic E-state index is 12.8. The van der Waals surface area contributed by atoms with Gasteiger partial charge in [0, 0.05) is 16.3 Å². The fourth-order valence-corrected chi connectivity index (χ4v) is 9.73. The molecule has 2 aromatic carbocycles. The lowest BCUT2D eigenvalue weighted by Crippen LogP contribution is -2.43. The van der Waals surface area contributed by atoms with Crippen LogP contribution in [0.25, 0.3) is 21.9 Å². The zero-order valence-electron chi connectivity index (χ0n) is 17.1. The number of hydrogen-bond donors (Lipinski definition) is 0. The van der Waals surface area contributed by atoms with E-state index in [0.29, 0.717) is 22.2 Å². The first-order valence-electron chi connectivity index (χ1n) is 9.76. The lowest BCUT2D eigenvalue weighted by molar-refractivity contribution is 0.105. The Bertz CT molecular complexity index is 1020. The predicted molar refractivity (Wildman–Crippen MR) is 117 cm³/mol. The molecule has 140 valence electrons. The first-order chi connectivity index (χ1) is 12.8. The summed E-state index contributed by atoms with van der Waals surface area (Å²) < 4.78 is 5.91. The normalized spacial score (nSPS) is 12.2. The second-order valence-electron chi connectivity index (χ2n) is 8.29. The SMILES string of the molecule is CC(C)[Si](C#CC(=O)c1ccc2c(c1)oc1ccccc12)(C(C)C)C(C)C. The highest BCUT2D eigenvalue weighted by Crippen LogP contribution is 2.40. The van der Waals surface area contributed by atoms with Gasteiger partial charge in [-0.05, 0) is 46.8 Å². The fraction of sp³-hybridized carbons (Fsp3) is 0.375. The van der Waals surface area contributed by atoms with Crippen LogP contribution in [0.1, 0.15) is 51.9 Å². The molecule has 0 amide bonds. The van der Waals surface area contributed by atoms with Crippen molar-refractivity contribution in [3.8, 4) is 11.5 Å². The van der Waals surface area contributed by atoms with E-state index in [-0.39, 0.29) is 5.78 Å². The van der Waals surface area contributed by atoms with Crippen molar-refractivity contribution in [2.75, 3.05) is 0 Å². The summed E-state index contributed by atoms with van der Waals surface area (Å²) in [4.78, 5) is 12.8. The molecule has 27 heavy (non-hydrogen) atoms. The molecule has 0 N–H and O–H groups in total. The summed E-state index contributed by atoms with van der Waals surface area (Å²) >= 11 is 0. The summed E-state index contributed by atoms with van der Waals surface area (Å²) in [6, 6.07) is 13.6. The molecule has 0 atom stereocenters. The number of para-hydroxylation sites is 1. The highest BCUT2D eigenvalue weighted by atomic mass is 28.3. The van der Waals surface area contributed by atoms with Crippen LogP contribution < -0.4 is 0 Å². The van der Waals surface area contributed by atoms with Crippen LogP contribution in [0.3, 0.4) is 0 Å². The van der Waals surface area contributed by atoms with Crippen LogP contribution in [0.15, 0.2) is 46.9 Å². The van der Waals surface area contributed by atoms with Crippen LogP contribution in [-0.4, -0.2) is 13.9 Å². The summed E-state index contributed by atoms with van der Waals surface area (Å²) in [7, 11) is -1.91. The number of Topliss-reactive ketones (excluding diaryl/α,β-unsaturated/α-hetero) is 1. The Balaban J connectivity index is 2.01. The van der Waals surface area contributed by atoms with Crippen molar-refractivity contribution in [3.63, 3.8) is 0 Å². The Labute approximate surface area is 163 Å². The summed E-state index contributed by atoms with van der Waals surface area (Å²) in [5.41, 5.74) is 7.23. The highest BCUT2D eigenvalue weighted by Gasteiger charge is 2.41. The van der Waals surface area contributed by atoms with Gasteiger partial charge in [-0.2, -0.15) is 0 Å². The molecule has 3 rings (SSSR count). The summed E-state index contributed by atoms with van der Waals surface area (Å²) in [5, 5.41) is 2.11. The van der Waals surface area contributed by atoms with Crippen LogP contribution in [0, 0.1) is 11.5 Å². The lowest BCUT2D eigenvalue weighted by Gasteiger charge is -2.37. The Morgan fingerprint density at radius 2 is 1.44 bits per heavy atom. The van der Waals surface area contributed by atoms with Crippen LogP contribution in [0.2, 0.25) is 16.6 Å². The minimum absolute atomic E-state index is 0.115. The van der Waals surface area contributed by atoms with Crippen molar-refractivity contribution < 1.29 is 9.21 Å². The molecule has 0 unspecified atom stereocenters. The maximum Gasteiger partial charge on any atom is 0.235 e. The van der Waals surface area contributed by atoms with Gasteiger partial charge in [0.05, 0.1) is 0 Å². The summed E-state index contributed by atoms with van der Waals surface area (Å²) in [6.07, 6.45) is 0. The lowest BCUT2D eigenvalue weighted by atomic mass is 10.1. The van der Waals surface area contributed by atoms with Crippen LogP contribution >= 0.6 is 0 Å². The summed E-state index contributed by atoms with van der Waals surface area (Å²) in [6.45, 7) is 13.5. The summed E-state index contributed by atoms with van der Waals surface area (Å²) in [5.74, 6) is 2.90. The topological polar surface area (TPSA) is 30.2 Å². The fourth-order valence-electron chi connectivity index (χ4n) is 4.54. The van der Waals surface area contributed by atoms with Gasteiger partial charge in [0.2, 0.25) is 5.78 Å². The van der Waals surface area contributed by atoms with Gasteiger partial charge in [-0.1, -0.05) is 59.7 Å². The molecule has 0 radical (unpaired) electrons. The van der Waals surface area contributed by atoms with Gasteiger partial charge in [-0.15, -0.1) is 5.54 Å². The van der Waals surface area contributed by atoms with Crippen molar-refractivity contribution in [2.24, 2.45) is 0 Å². The number of hydrogen-bond acceptors (Lipinski definition) is 2. The first-order valence-corrected chi connectivity index (χ1v) is 12.0. The average Bonchev–Trinajstić information content (AvgIpc) is 2.98. The monoisotopic (exact) mass is 376 g/mol. The largest absolute Gasteiger partial charge is 0.456 e. The third-order valence-corrected chi connectivity index (χ3v) is 12.2. The van der Waals surface area contributed by atoms with Gasteiger partial charge in [-0.3, -0.25) is 4.79 Å². The van der Waals surface area contributed by atoms with Crippen molar-refractivity contribution in [1.29, 1.82) is 0 Å². The van der Waals surface area contributed by atoms with Crippen molar-refractivity contribution in [1.82, 2.24) is 0 Å². The van der Waals surface area contributed by atoms with Crippen LogP contribution in [0.5, 0.6) is 0 Å². The molecule has 0 saturated heterocycles. The van der Waals surface area contributed by atoms with E-state index in [1.165, 1.54) is 0 Å². The quantitative estimate of drug-likeness (QED) is 0.279. The van der Waals surface area contributed by atoms with Gasteiger partial charge in [-0.25, -0.2) is 0 Å². The standard InChI is InChI=1S/C24H28O2Si/c1-16(2)27(17(3)4,18(5)6)14-13-22(25)19-11-12-21-20-9-7-8-10-23(20)26-24(21)15-19/h7-12,15-18H,1-6H3. The second-order valence-corrected chi connectivity index (χ2v) is 13.9. The molecule has 0 bridgehead atoms. The molecule has 0 saturated carbocycles. The number of benzene rings is 2. The van der Waals surface area contributed by atoms with Crippen molar-refractivity contribution in [3.05, 3.63) is 48.0 Å². The van der Waals surface area contributed by atoms with E-state index in [9.17, 15) is 4.79 Å². The minimum atomic E-state index is -1.91. The number of rotatable bonds is 4. The van der Waals surface area contributed by atoms with Crippen LogP contribution in [0.4, 0.5) is 0 Å². The van der Waals surface area contributed by atoms with E-state index in [1.807, 2.05) is 42.5 Å². The third-order valence-electron chi connectivity index (χ3n) is 5.90. The Morgan fingerprint density at radius 3 is 2.07 bits per heavy atom. The zero-order valence-corrected chi connectivity index (χ0v) is 18.1. The smallest absolute Gasteiger partial charge is 0.235 e. The Kier molecular flexibility index (Phi) is 5.30. The molecular formula is C24H28O2Si. The predicted octanol–water partition coefficient (Wildman–Crippen LogP) is 6.99. The first kappa shape index (κ1) is 19.4. The molecule has 0 fully saturated rings. The molecular weight excluding hydrogens is 348 g/mol. The maximum atomic E-state index is 12.8. The Morgan fingerprint density at radius 1 is 0.852 bits per heavy atom. The van der Waals surface area contributed by atoms with Gasteiger partial charge < -0.3 is 4.42 Å². The van der Waals surface area contributed by atoms with E-state index in [1.54, 1.807) is 0 Å². The Hall–Kier alpha value is -2.31. The third kappa shape index (κ3) is 3.35. The van der Waals surface area contributed by atoms with E-state index in [2.05, 4.69) is 53.0 Å². The number of carbonyl (C=O) groups is 1. The average molecular weight is 377 g/mol. The van der Waals surface area contributed by atoms with E-state index >= 15 is 0 Å². The van der Waals surface area contributed by atoms with Gasteiger partial charge in [0.25, 0.3) is 0 Å². The van der Waals surface area contributed by atoms with Crippen LogP contribution in [-0.2, 0) is 0 Å². The van der Waals surface area contributed by atoms with Gasteiger partial charge in [0.1, 0.15) is 19.2 Å². The second kappa shape index (κ2) is 7.36. The molecule has 2 nitrogen and oxygen atoms in total. The van der Waals surface area contributed by atoms with Crippen molar-refractivity contribution in [2.45, 2.75) is 58.2 Å². The molecule has 0 aliphatic heterocycles. The zero-order chi connectivity index (χ0) is 19.8. The molecule has 0 spiro atoms. The van der Waals surface area contributed by atoms with Gasteiger partial charge >= 0.3 is 0 Å². The van der Waals surface area contributed by atoms with E-state index < -0.39 is 8.07 Å². The molecule has 1 aromatic heterocycles. The molecule has 3 heteroatoms. The van der Waals surface area contributed by atoms with Gasteiger partial charge in [0.15, 0.2) is 0 Å². The number of fused-ring (bicyclic) bond motifs is 3.